The molecule has 1 aromatic carbocycles. The normalized spacial score (nSPS) is 15.8. The van der Waals surface area contributed by atoms with E-state index in [-0.39, 0.29) is 5.57 Å². The molecule has 3 rings (SSSR count). The van der Waals surface area contributed by atoms with Crippen molar-refractivity contribution < 1.29 is 4.79 Å². The zero-order valence-corrected chi connectivity index (χ0v) is 18.9. The lowest BCUT2D eigenvalue weighted by molar-refractivity contribution is -0.112. The molecule has 30 heavy (non-hydrogen) atoms. The molecule has 0 fully saturated rings. The Bertz CT molecular complexity index is 1150. The largest absolute Gasteiger partial charge is 0.312 e. The number of hydrogen-bond donors (Lipinski definition) is 1. The van der Waals surface area contributed by atoms with Crippen LogP contribution < -0.4 is 5.32 Å². The fourth-order valence-corrected chi connectivity index (χ4v) is 5.00. The van der Waals surface area contributed by atoms with Gasteiger partial charge in [0.05, 0.1) is 9.39 Å². The molecule has 1 heterocycles. The van der Waals surface area contributed by atoms with Crippen molar-refractivity contribution in [3.8, 4) is 12.1 Å². The van der Waals surface area contributed by atoms with E-state index in [1.165, 1.54) is 16.9 Å². The molecule has 0 spiro atoms. The lowest BCUT2D eigenvalue weighted by atomic mass is 9.85. The van der Waals surface area contributed by atoms with Crippen LogP contribution in [0.4, 0.5) is 5.00 Å². The minimum Gasteiger partial charge on any atom is -0.312 e. The van der Waals surface area contributed by atoms with Crippen LogP contribution in [-0.2, 0) is 17.6 Å². The van der Waals surface area contributed by atoms with Gasteiger partial charge in [-0.2, -0.15) is 10.5 Å². The molecule has 1 atom stereocenters. The van der Waals surface area contributed by atoms with Crippen LogP contribution in [0.3, 0.4) is 0 Å². The zero-order valence-electron chi connectivity index (χ0n) is 17.3. The second-order valence-corrected chi connectivity index (χ2v) is 9.64. The van der Waals surface area contributed by atoms with Crippen molar-refractivity contribution in [2.75, 3.05) is 5.32 Å². The van der Waals surface area contributed by atoms with Crippen LogP contribution in [0.25, 0.3) is 6.08 Å². The van der Waals surface area contributed by atoms with E-state index in [4.69, 9.17) is 12.2 Å². The van der Waals surface area contributed by atoms with Gasteiger partial charge in [-0.05, 0) is 59.4 Å². The number of hydrogen-bond acceptors (Lipinski definition) is 5. The molecular weight excluding hydrogens is 410 g/mol. The second kappa shape index (κ2) is 9.34. The first-order chi connectivity index (χ1) is 14.3. The molecule has 6 heteroatoms. The Labute approximate surface area is 186 Å². The first kappa shape index (κ1) is 21.9. The van der Waals surface area contributed by atoms with E-state index in [2.05, 4.69) is 32.2 Å². The van der Waals surface area contributed by atoms with Crippen LogP contribution in [0.5, 0.6) is 0 Å². The SMILES string of the molecule is CC1CCc2c(C#N)c(NC(=O)/C(C#N)=C/c3ccc(C(C)C)cc3)sc(=S)c2C1. The molecule has 4 nitrogen and oxygen atoms in total. The summed E-state index contributed by atoms with van der Waals surface area (Å²) in [7, 11) is 0. The average molecular weight is 434 g/mol. The predicted octanol–water partition coefficient (Wildman–Crippen LogP) is 6.14. The van der Waals surface area contributed by atoms with Crippen molar-refractivity contribution in [3.05, 3.63) is 61.5 Å². The van der Waals surface area contributed by atoms with Crippen molar-refractivity contribution >= 4 is 40.5 Å². The van der Waals surface area contributed by atoms with E-state index in [0.717, 1.165) is 36.0 Å². The van der Waals surface area contributed by atoms with Gasteiger partial charge in [-0.1, -0.05) is 57.3 Å². The Kier molecular flexibility index (Phi) is 6.82. The first-order valence-electron chi connectivity index (χ1n) is 9.96. The zero-order chi connectivity index (χ0) is 21.8. The number of fused-ring (bicyclic) bond motifs is 1. The smallest absolute Gasteiger partial charge is 0.266 e. The summed E-state index contributed by atoms with van der Waals surface area (Å²) in [6, 6.07) is 12.0. The summed E-state index contributed by atoms with van der Waals surface area (Å²) in [4.78, 5) is 12.8. The number of benzene rings is 1. The van der Waals surface area contributed by atoms with Gasteiger partial charge in [-0.15, -0.1) is 11.3 Å². The molecule has 1 aliphatic carbocycles. The van der Waals surface area contributed by atoms with E-state index in [1.54, 1.807) is 6.08 Å². The highest BCUT2D eigenvalue weighted by Crippen LogP contribution is 2.36. The molecule has 0 aliphatic heterocycles. The van der Waals surface area contributed by atoms with Crippen LogP contribution in [0, 0.1) is 32.4 Å². The fourth-order valence-electron chi connectivity index (χ4n) is 3.61. The van der Waals surface area contributed by atoms with E-state index in [0.29, 0.717) is 26.2 Å². The minimum absolute atomic E-state index is 0.0133. The van der Waals surface area contributed by atoms with Crippen molar-refractivity contribution in [1.82, 2.24) is 0 Å². The molecular formula is C24H23N3OS2. The standard InChI is InChI=1S/C24H23N3OS2/c1-14(2)17-7-5-16(6-8-17)11-18(12-25)22(28)27-23-21(13-26)19-9-4-15(3)10-20(19)24(29)30-23/h5-8,11,14-15H,4,9-10H2,1-3H3,(H,27,28)/b18-11+. The third-order valence-electron chi connectivity index (χ3n) is 5.39. The van der Waals surface area contributed by atoms with Gasteiger partial charge < -0.3 is 5.32 Å². The molecule has 1 aliphatic rings. The van der Waals surface area contributed by atoms with Gasteiger partial charge in [-0.25, -0.2) is 0 Å². The second-order valence-electron chi connectivity index (χ2n) is 7.96. The Hall–Kier alpha value is -2.80. The van der Waals surface area contributed by atoms with Crippen LogP contribution in [-0.4, -0.2) is 5.91 Å². The number of nitrogens with zero attached hydrogens (tertiary/aromatic N) is 2. The number of anilines is 1. The van der Waals surface area contributed by atoms with Crippen molar-refractivity contribution in [2.45, 2.75) is 46.0 Å². The summed E-state index contributed by atoms with van der Waals surface area (Å²) in [5.41, 5.74) is 4.43. The van der Waals surface area contributed by atoms with E-state index < -0.39 is 5.91 Å². The Morgan fingerprint density at radius 2 is 1.97 bits per heavy atom. The molecule has 1 N–H and O–H groups in total. The Morgan fingerprint density at radius 3 is 2.57 bits per heavy atom. The predicted molar refractivity (Wildman–Crippen MR) is 124 cm³/mol. The van der Waals surface area contributed by atoms with Crippen LogP contribution in [0.1, 0.15) is 60.9 Å². The Balaban J connectivity index is 1.91. The molecule has 1 unspecified atom stereocenters. The number of nitriles is 2. The minimum atomic E-state index is -0.531. The maximum Gasteiger partial charge on any atom is 0.266 e. The Morgan fingerprint density at radius 1 is 1.27 bits per heavy atom. The van der Waals surface area contributed by atoms with Gasteiger partial charge in [0.15, 0.2) is 0 Å². The van der Waals surface area contributed by atoms with Crippen molar-refractivity contribution in [2.24, 2.45) is 5.92 Å². The maximum atomic E-state index is 12.8. The van der Waals surface area contributed by atoms with E-state index in [9.17, 15) is 15.3 Å². The van der Waals surface area contributed by atoms with Crippen LogP contribution in [0.2, 0.25) is 0 Å². The first-order valence-corrected chi connectivity index (χ1v) is 11.2. The summed E-state index contributed by atoms with van der Waals surface area (Å²) in [6.45, 7) is 6.40. The molecule has 1 amide bonds. The number of rotatable bonds is 4. The highest BCUT2D eigenvalue weighted by molar-refractivity contribution is 7.73. The number of nitrogens with one attached hydrogen (secondary N) is 1. The van der Waals surface area contributed by atoms with Gasteiger partial charge in [0, 0.05) is 0 Å². The van der Waals surface area contributed by atoms with Crippen LogP contribution in [0.15, 0.2) is 29.8 Å². The van der Waals surface area contributed by atoms with Crippen molar-refractivity contribution in [1.29, 1.82) is 10.5 Å². The topological polar surface area (TPSA) is 76.7 Å². The maximum absolute atomic E-state index is 12.8. The summed E-state index contributed by atoms with van der Waals surface area (Å²) < 4.78 is 0.706. The van der Waals surface area contributed by atoms with Gasteiger partial charge in [0.1, 0.15) is 22.7 Å². The summed E-state index contributed by atoms with van der Waals surface area (Å²) in [5.74, 6) is 0.414. The lowest BCUT2D eigenvalue weighted by Gasteiger charge is -2.23. The quantitative estimate of drug-likeness (QED) is 0.357. The third kappa shape index (κ3) is 4.67. The molecule has 2 aromatic rings. The van der Waals surface area contributed by atoms with Gasteiger partial charge in [0.25, 0.3) is 5.91 Å². The third-order valence-corrected chi connectivity index (χ3v) is 6.83. The average Bonchev–Trinajstić information content (AvgIpc) is 2.73. The summed E-state index contributed by atoms with van der Waals surface area (Å²) in [6.07, 6.45) is 4.20. The van der Waals surface area contributed by atoms with Gasteiger partial charge in [-0.3, -0.25) is 4.79 Å². The van der Waals surface area contributed by atoms with Crippen molar-refractivity contribution in [3.63, 3.8) is 0 Å². The van der Waals surface area contributed by atoms with E-state index in [1.807, 2.05) is 30.3 Å². The molecule has 152 valence electrons. The monoisotopic (exact) mass is 433 g/mol. The van der Waals surface area contributed by atoms with Crippen LogP contribution >= 0.6 is 23.6 Å². The molecule has 1 aromatic heterocycles. The number of amides is 1. The highest BCUT2D eigenvalue weighted by Gasteiger charge is 2.24. The lowest BCUT2D eigenvalue weighted by Crippen LogP contribution is -2.17. The van der Waals surface area contributed by atoms with E-state index >= 15 is 0 Å². The van der Waals surface area contributed by atoms with Gasteiger partial charge in [0.2, 0.25) is 0 Å². The molecule has 0 bridgehead atoms. The van der Waals surface area contributed by atoms with Gasteiger partial charge >= 0.3 is 0 Å². The summed E-state index contributed by atoms with van der Waals surface area (Å²) >= 11 is 6.79. The fraction of sp³-hybridized carbons (Fsp3) is 0.333. The molecule has 0 radical (unpaired) electrons. The molecule has 0 saturated heterocycles. The molecule has 0 saturated carbocycles. The summed E-state index contributed by atoms with van der Waals surface area (Å²) in [5, 5.41) is 22.4. The number of carbonyl (C=O) groups excluding carboxylic acids is 1. The highest BCUT2D eigenvalue weighted by atomic mass is 32.1. The number of carbonyl (C=O) groups is 1.